The second-order valence-corrected chi connectivity index (χ2v) is 6.12. The van der Waals surface area contributed by atoms with E-state index in [2.05, 4.69) is 16.7 Å². The van der Waals surface area contributed by atoms with Gasteiger partial charge in [-0.2, -0.15) is 0 Å². The van der Waals surface area contributed by atoms with Gasteiger partial charge in [0.2, 0.25) is 5.91 Å². The van der Waals surface area contributed by atoms with Gasteiger partial charge in [-0.1, -0.05) is 6.07 Å². The maximum atomic E-state index is 12.1. The molecule has 1 atom stereocenters. The Labute approximate surface area is 128 Å². The molecule has 110 valence electrons. The number of anilines is 1. The van der Waals surface area contributed by atoms with Crippen molar-refractivity contribution in [2.24, 2.45) is 0 Å². The monoisotopic (exact) mass is 302 g/mol. The number of ether oxygens (including phenoxy) is 1. The van der Waals surface area contributed by atoms with E-state index in [4.69, 9.17) is 4.74 Å². The van der Waals surface area contributed by atoms with Crippen LogP contribution in [-0.4, -0.2) is 18.6 Å². The largest absolute Gasteiger partial charge is 0.493 e. The lowest BCUT2D eigenvalue weighted by Gasteiger charge is -2.15. The van der Waals surface area contributed by atoms with Crippen LogP contribution in [0.4, 0.5) is 5.69 Å². The lowest BCUT2D eigenvalue weighted by atomic mass is 10.1. The molecule has 1 aromatic carbocycles. The van der Waals surface area contributed by atoms with Crippen molar-refractivity contribution in [3.8, 4) is 5.75 Å². The lowest BCUT2D eigenvalue weighted by Crippen LogP contribution is -2.37. The Morgan fingerprint density at radius 1 is 1.43 bits per heavy atom. The molecule has 2 aromatic rings. The molecule has 1 aliphatic rings. The third kappa shape index (κ3) is 3.36. The summed E-state index contributed by atoms with van der Waals surface area (Å²) in [5.41, 5.74) is 2.16. The summed E-state index contributed by atoms with van der Waals surface area (Å²) in [7, 11) is 0. The molecule has 0 aliphatic carbocycles. The number of thiophene rings is 1. The van der Waals surface area contributed by atoms with E-state index >= 15 is 0 Å². The van der Waals surface area contributed by atoms with Crippen molar-refractivity contribution in [2.75, 3.05) is 11.9 Å². The van der Waals surface area contributed by atoms with Crippen LogP contribution >= 0.6 is 11.3 Å². The highest BCUT2D eigenvalue weighted by Crippen LogP contribution is 2.28. The average molecular weight is 302 g/mol. The lowest BCUT2D eigenvalue weighted by molar-refractivity contribution is -0.121. The van der Waals surface area contributed by atoms with Gasteiger partial charge in [0.05, 0.1) is 13.2 Å². The molecule has 1 amide bonds. The highest BCUT2D eigenvalue weighted by Gasteiger charge is 2.15. The third-order valence-electron chi connectivity index (χ3n) is 3.48. The molecule has 0 radical (unpaired) electrons. The zero-order valence-corrected chi connectivity index (χ0v) is 12.7. The second-order valence-electron chi connectivity index (χ2n) is 5.08. The van der Waals surface area contributed by atoms with Crippen molar-refractivity contribution >= 4 is 22.9 Å². The number of carbonyl (C=O) groups is 1. The van der Waals surface area contributed by atoms with Gasteiger partial charge in [0, 0.05) is 17.0 Å². The molecule has 0 bridgehead atoms. The van der Waals surface area contributed by atoms with Gasteiger partial charge < -0.3 is 15.4 Å². The Morgan fingerprint density at radius 3 is 3.14 bits per heavy atom. The van der Waals surface area contributed by atoms with Crippen molar-refractivity contribution in [2.45, 2.75) is 25.9 Å². The van der Waals surface area contributed by atoms with E-state index in [0.29, 0.717) is 6.54 Å². The number of carbonyl (C=O) groups excluding carboxylic acids is 1. The van der Waals surface area contributed by atoms with Gasteiger partial charge in [0.1, 0.15) is 11.8 Å². The summed E-state index contributed by atoms with van der Waals surface area (Å²) in [6.45, 7) is 3.20. The Bertz CT molecular complexity index is 625. The smallest absolute Gasteiger partial charge is 0.242 e. The van der Waals surface area contributed by atoms with Gasteiger partial charge >= 0.3 is 0 Å². The number of amides is 1. The van der Waals surface area contributed by atoms with E-state index in [1.54, 1.807) is 11.3 Å². The fourth-order valence-electron chi connectivity index (χ4n) is 2.33. The SMILES string of the molecule is CC(Nc1ccc2c(c1)CCO2)C(=O)NCc1cccs1. The molecule has 0 spiro atoms. The van der Waals surface area contributed by atoms with Crippen molar-refractivity contribution in [1.29, 1.82) is 0 Å². The van der Waals surface area contributed by atoms with E-state index < -0.39 is 0 Å². The maximum Gasteiger partial charge on any atom is 0.242 e. The first-order valence-electron chi connectivity index (χ1n) is 7.05. The molecular formula is C16H18N2O2S. The molecule has 21 heavy (non-hydrogen) atoms. The predicted molar refractivity (Wildman–Crippen MR) is 84.9 cm³/mol. The molecular weight excluding hydrogens is 284 g/mol. The molecule has 1 unspecified atom stereocenters. The minimum atomic E-state index is -0.273. The van der Waals surface area contributed by atoms with Gasteiger partial charge in [-0.15, -0.1) is 11.3 Å². The summed E-state index contributed by atoms with van der Waals surface area (Å²) in [6, 6.07) is 9.70. The number of rotatable bonds is 5. The van der Waals surface area contributed by atoms with Crippen LogP contribution < -0.4 is 15.4 Å². The Balaban J connectivity index is 1.55. The molecule has 2 heterocycles. The quantitative estimate of drug-likeness (QED) is 0.893. The summed E-state index contributed by atoms with van der Waals surface area (Å²) >= 11 is 1.65. The van der Waals surface area contributed by atoms with Crippen molar-refractivity contribution in [3.05, 3.63) is 46.2 Å². The molecule has 0 fully saturated rings. The first kappa shape index (κ1) is 13.9. The van der Waals surface area contributed by atoms with Gasteiger partial charge in [-0.25, -0.2) is 0 Å². The molecule has 1 aliphatic heterocycles. The predicted octanol–water partition coefficient (Wildman–Crippen LogP) is 2.80. The number of hydrogen-bond acceptors (Lipinski definition) is 4. The van der Waals surface area contributed by atoms with E-state index in [9.17, 15) is 4.79 Å². The van der Waals surface area contributed by atoms with Gasteiger partial charge in [0.15, 0.2) is 0 Å². The van der Waals surface area contributed by atoms with E-state index in [-0.39, 0.29) is 11.9 Å². The van der Waals surface area contributed by atoms with Crippen LogP contribution in [0.3, 0.4) is 0 Å². The molecule has 4 nitrogen and oxygen atoms in total. The number of fused-ring (bicyclic) bond motifs is 1. The maximum absolute atomic E-state index is 12.1. The van der Waals surface area contributed by atoms with E-state index in [1.165, 1.54) is 5.56 Å². The third-order valence-corrected chi connectivity index (χ3v) is 4.36. The van der Waals surface area contributed by atoms with Crippen LogP contribution in [0.5, 0.6) is 5.75 Å². The second kappa shape index (κ2) is 6.18. The minimum absolute atomic E-state index is 0.000137. The van der Waals surface area contributed by atoms with Gasteiger partial charge in [0.25, 0.3) is 0 Å². The van der Waals surface area contributed by atoms with E-state index in [0.717, 1.165) is 29.3 Å². The number of nitrogens with one attached hydrogen (secondary N) is 2. The molecule has 0 saturated heterocycles. The van der Waals surface area contributed by atoms with Gasteiger partial charge in [-0.05, 0) is 42.1 Å². The van der Waals surface area contributed by atoms with Crippen LogP contribution in [0.15, 0.2) is 35.7 Å². The zero-order chi connectivity index (χ0) is 14.7. The molecule has 1 aromatic heterocycles. The van der Waals surface area contributed by atoms with Crippen LogP contribution in [0.25, 0.3) is 0 Å². The number of hydrogen-bond donors (Lipinski definition) is 2. The summed E-state index contributed by atoms with van der Waals surface area (Å²) in [5, 5.41) is 8.19. The topological polar surface area (TPSA) is 50.4 Å². The van der Waals surface area contributed by atoms with Crippen LogP contribution in [-0.2, 0) is 17.8 Å². The fraction of sp³-hybridized carbons (Fsp3) is 0.312. The summed E-state index contributed by atoms with van der Waals surface area (Å²) in [4.78, 5) is 13.2. The van der Waals surface area contributed by atoms with Crippen molar-refractivity contribution in [3.63, 3.8) is 0 Å². The number of benzene rings is 1. The van der Waals surface area contributed by atoms with E-state index in [1.807, 2.05) is 36.6 Å². The van der Waals surface area contributed by atoms with Gasteiger partial charge in [-0.3, -0.25) is 4.79 Å². The summed E-state index contributed by atoms with van der Waals surface area (Å²) in [6.07, 6.45) is 0.934. The molecule has 2 N–H and O–H groups in total. The molecule has 0 saturated carbocycles. The first-order valence-corrected chi connectivity index (χ1v) is 7.93. The minimum Gasteiger partial charge on any atom is -0.493 e. The summed E-state index contributed by atoms with van der Waals surface area (Å²) in [5.74, 6) is 0.954. The fourth-order valence-corrected chi connectivity index (χ4v) is 2.98. The summed E-state index contributed by atoms with van der Waals surface area (Å²) < 4.78 is 5.48. The standard InChI is InChI=1S/C16H18N2O2S/c1-11(16(19)17-10-14-3-2-8-21-14)18-13-4-5-15-12(9-13)6-7-20-15/h2-5,8-9,11,18H,6-7,10H2,1H3,(H,17,19). The van der Waals surface area contributed by atoms with Crippen LogP contribution in [0, 0.1) is 0 Å². The Kier molecular flexibility index (Phi) is 4.10. The Morgan fingerprint density at radius 2 is 2.33 bits per heavy atom. The zero-order valence-electron chi connectivity index (χ0n) is 11.9. The molecule has 5 heteroatoms. The highest BCUT2D eigenvalue weighted by atomic mass is 32.1. The normalized spacial score (nSPS) is 14.1. The highest BCUT2D eigenvalue weighted by molar-refractivity contribution is 7.09. The Hall–Kier alpha value is -2.01. The first-order chi connectivity index (χ1) is 10.2. The van der Waals surface area contributed by atoms with Crippen LogP contribution in [0.1, 0.15) is 17.4 Å². The van der Waals surface area contributed by atoms with Crippen molar-refractivity contribution in [1.82, 2.24) is 5.32 Å². The average Bonchev–Trinajstić information content (AvgIpc) is 3.15. The molecule has 3 rings (SSSR count). The van der Waals surface area contributed by atoms with Crippen LogP contribution in [0.2, 0.25) is 0 Å². The van der Waals surface area contributed by atoms with Crippen molar-refractivity contribution < 1.29 is 9.53 Å².